The third kappa shape index (κ3) is 2.67. The molecule has 0 aliphatic rings. The Balaban J connectivity index is 2.32. The minimum absolute atomic E-state index is 0.230. The highest BCUT2D eigenvalue weighted by Gasteiger charge is 2.41. The monoisotopic (exact) mass is 291 g/mol. The summed E-state index contributed by atoms with van der Waals surface area (Å²) in [7, 11) is 0. The van der Waals surface area contributed by atoms with Crippen molar-refractivity contribution in [1.82, 2.24) is 0 Å². The summed E-state index contributed by atoms with van der Waals surface area (Å²) in [6.07, 6.45) is 0.264. The number of benzene rings is 1. The van der Waals surface area contributed by atoms with Gasteiger partial charge in [0, 0.05) is 16.0 Å². The van der Waals surface area contributed by atoms with Crippen LogP contribution in [-0.2, 0) is 20.7 Å². The van der Waals surface area contributed by atoms with E-state index >= 15 is 0 Å². The van der Waals surface area contributed by atoms with Gasteiger partial charge >= 0.3 is 5.97 Å². The van der Waals surface area contributed by atoms with E-state index in [0.717, 1.165) is 15.0 Å². The lowest BCUT2D eigenvalue weighted by Crippen LogP contribution is -2.44. The van der Waals surface area contributed by atoms with E-state index in [1.54, 1.807) is 18.3 Å². The van der Waals surface area contributed by atoms with Crippen LogP contribution in [0.1, 0.15) is 18.7 Å². The summed E-state index contributed by atoms with van der Waals surface area (Å²) in [6.45, 7) is 3.48. The Morgan fingerprint density at radius 3 is 2.65 bits per heavy atom. The van der Waals surface area contributed by atoms with Gasteiger partial charge in [-0.25, -0.2) is 0 Å². The molecule has 2 aromatic rings. The number of nitrogens with two attached hydrogens (primary N) is 1. The maximum atomic E-state index is 12.0. The highest BCUT2D eigenvalue weighted by atomic mass is 32.1. The van der Waals surface area contributed by atoms with E-state index in [4.69, 9.17) is 10.5 Å². The van der Waals surface area contributed by atoms with Gasteiger partial charge in [-0.3, -0.25) is 9.59 Å². The number of primary amides is 1. The first-order valence-electron chi connectivity index (χ1n) is 6.42. The topological polar surface area (TPSA) is 69.4 Å². The second-order valence-corrected chi connectivity index (χ2v) is 6.01. The number of amides is 1. The summed E-state index contributed by atoms with van der Waals surface area (Å²) in [5.41, 5.74) is 4.09. The van der Waals surface area contributed by atoms with Crippen molar-refractivity contribution < 1.29 is 14.3 Å². The number of esters is 1. The molecule has 20 heavy (non-hydrogen) atoms. The Morgan fingerprint density at radius 2 is 2.05 bits per heavy atom. The number of thiophene rings is 1. The molecule has 0 aliphatic heterocycles. The zero-order chi connectivity index (χ0) is 14.8. The van der Waals surface area contributed by atoms with Crippen LogP contribution in [0.3, 0.4) is 0 Å². The maximum absolute atomic E-state index is 12.0. The predicted octanol–water partition coefficient (Wildman–Crippen LogP) is 2.50. The van der Waals surface area contributed by atoms with Crippen molar-refractivity contribution in [2.24, 2.45) is 11.1 Å². The van der Waals surface area contributed by atoms with E-state index in [-0.39, 0.29) is 13.0 Å². The molecule has 106 valence electrons. The molecule has 0 radical (unpaired) electrons. The fourth-order valence-electron chi connectivity index (χ4n) is 2.02. The van der Waals surface area contributed by atoms with Crippen molar-refractivity contribution in [3.8, 4) is 0 Å². The first-order valence-corrected chi connectivity index (χ1v) is 7.23. The number of hydrogen-bond acceptors (Lipinski definition) is 4. The lowest BCUT2D eigenvalue weighted by atomic mass is 9.85. The first kappa shape index (κ1) is 14.5. The Hall–Kier alpha value is -1.88. The highest BCUT2D eigenvalue weighted by Crippen LogP contribution is 2.32. The van der Waals surface area contributed by atoms with Gasteiger partial charge in [-0.05, 0) is 31.4 Å². The molecule has 5 heteroatoms. The quantitative estimate of drug-likeness (QED) is 0.679. The number of fused-ring (bicyclic) bond motifs is 1. The molecule has 1 heterocycles. The molecule has 0 spiro atoms. The summed E-state index contributed by atoms with van der Waals surface area (Å²) in [4.78, 5) is 24.6. The zero-order valence-corrected chi connectivity index (χ0v) is 12.3. The second-order valence-electron chi connectivity index (χ2n) is 4.84. The molecule has 2 N–H and O–H groups in total. The number of hydrogen-bond donors (Lipinski definition) is 1. The molecule has 1 aromatic carbocycles. The lowest BCUT2D eigenvalue weighted by Gasteiger charge is -2.22. The van der Waals surface area contributed by atoms with Gasteiger partial charge in [0.15, 0.2) is 0 Å². The average Bonchev–Trinajstić information content (AvgIpc) is 2.80. The molecule has 2 rings (SSSR count). The van der Waals surface area contributed by atoms with Gasteiger partial charge in [0.1, 0.15) is 5.41 Å². The van der Waals surface area contributed by atoms with E-state index < -0.39 is 17.3 Å². The van der Waals surface area contributed by atoms with Crippen LogP contribution < -0.4 is 5.73 Å². The largest absolute Gasteiger partial charge is 0.465 e. The number of carbonyl (C=O) groups is 2. The van der Waals surface area contributed by atoms with E-state index in [0.29, 0.717) is 0 Å². The minimum Gasteiger partial charge on any atom is -0.465 e. The number of ether oxygens (including phenoxy) is 1. The fraction of sp³-hybridized carbons (Fsp3) is 0.333. The van der Waals surface area contributed by atoms with Crippen molar-refractivity contribution in [3.05, 3.63) is 35.2 Å². The summed E-state index contributed by atoms with van der Waals surface area (Å²) >= 11 is 1.56. The molecular formula is C15H17NO3S. The van der Waals surface area contributed by atoms with Crippen LogP contribution >= 0.6 is 11.3 Å². The van der Waals surface area contributed by atoms with Crippen molar-refractivity contribution >= 4 is 33.3 Å². The van der Waals surface area contributed by atoms with Crippen LogP contribution in [0.4, 0.5) is 0 Å². The Labute approximate surface area is 121 Å². The van der Waals surface area contributed by atoms with Crippen LogP contribution in [0.15, 0.2) is 30.3 Å². The maximum Gasteiger partial charge on any atom is 0.321 e. The first-order chi connectivity index (χ1) is 9.47. The van der Waals surface area contributed by atoms with Crippen LogP contribution in [0.2, 0.25) is 0 Å². The molecule has 4 nitrogen and oxygen atoms in total. The van der Waals surface area contributed by atoms with E-state index in [2.05, 4.69) is 0 Å². The molecule has 0 saturated heterocycles. The Morgan fingerprint density at radius 1 is 1.35 bits per heavy atom. The molecule has 1 atom stereocenters. The summed E-state index contributed by atoms with van der Waals surface area (Å²) < 4.78 is 6.10. The highest BCUT2D eigenvalue weighted by molar-refractivity contribution is 7.19. The van der Waals surface area contributed by atoms with Crippen LogP contribution in [0, 0.1) is 5.41 Å². The van der Waals surface area contributed by atoms with Gasteiger partial charge in [0.2, 0.25) is 5.91 Å². The third-order valence-corrected chi connectivity index (χ3v) is 4.39. The third-order valence-electron chi connectivity index (χ3n) is 3.27. The fourth-order valence-corrected chi connectivity index (χ4v) is 3.24. The predicted molar refractivity (Wildman–Crippen MR) is 79.5 cm³/mol. The molecular weight excluding hydrogens is 274 g/mol. The van der Waals surface area contributed by atoms with Gasteiger partial charge in [-0.1, -0.05) is 18.2 Å². The lowest BCUT2D eigenvalue weighted by molar-refractivity contribution is -0.158. The normalized spacial score (nSPS) is 13.9. The van der Waals surface area contributed by atoms with Gasteiger partial charge in [0.25, 0.3) is 0 Å². The second kappa shape index (κ2) is 5.63. The Bertz CT molecular complexity index is 616. The summed E-state index contributed by atoms with van der Waals surface area (Å²) in [6, 6.07) is 9.91. The van der Waals surface area contributed by atoms with E-state index in [9.17, 15) is 9.59 Å². The smallest absolute Gasteiger partial charge is 0.321 e. The molecule has 1 aromatic heterocycles. The van der Waals surface area contributed by atoms with Crippen molar-refractivity contribution in [2.75, 3.05) is 6.61 Å². The molecule has 0 fully saturated rings. The zero-order valence-electron chi connectivity index (χ0n) is 11.5. The standard InChI is InChI=1S/C15H17NO3S/c1-3-19-14(18)15(2,13(16)17)9-11-8-10-6-4-5-7-12(10)20-11/h4-8H,3,9H2,1-2H3,(H2,16,17). The van der Waals surface area contributed by atoms with Gasteiger partial charge < -0.3 is 10.5 Å². The Kier molecular flexibility index (Phi) is 4.09. The van der Waals surface area contributed by atoms with Crippen LogP contribution in [0.25, 0.3) is 10.1 Å². The van der Waals surface area contributed by atoms with Gasteiger partial charge in [0.05, 0.1) is 6.61 Å². The SMILES string of the molecule is CCOC(=O)C(C)(Cc1cc2ccccc2s1)C(N)=O. The molecule has 0 aliphatic carbocycles. The van der Waals surface area contributed by atoms with Crippen molar-refractivity contribution in [2.45, 2.75) is 20.3 Å². The molecule has 0 saturated carbocycles. The molecule has 1 unspecified atom stereocenters. The van der Waals surface area contributed by atoms with E-state index in [1.807, 2.05) is 30.3 Å². The van der Waals surface area contributed by atoms with Gasteiger partial charge in [-0.2, -0.15) is 0 Å². The minimum atomic E-state index is -1.32. The van der Waals surface area contributed by atoms with Gasteiger partial charge in [-0.15, -0.1) is 11.3 Å². The van der Waals surface area contributed by atoms with Crippen LogP contribution in [0.5, 0.6) is 0 Å². The van der Waals surface area contributed by atoms with Crippen LogP contribution in [-0.4, -0.2) is 18.5 Å². The molecule has 0 bridgehead atoms. The number of rotatable bonds is 5. The summed E-state index contributed by atoms with van der Waals surface area (Å²) in [5.74, 6) is -1.22. The van der Waals surface area contributed by atoms with Crippen molar-refractivity contribution in [1.29, 1.82) is 0 Å². The molecule has 1 amide bonds. The average molecular weight is 291 g/mol. The van der Waals surface area contributed by atoms with E-state index in [1.165, 1.54) is 6.92 Å². The summed E-state index contributed by atoms with van der Waals surface area (Å²) in [5, 5.41) is 1.10. The van der Waals surface area contributed by atoms with Crippen molar-refractivity contribution in [3.63, 3.8) is 0 Å². The number of carbonyl (C=O) groups excluding carboxylic acids is 2.